The molecule has 0 aliphatic carbocycles. The van der Waals surface area contributed by atoms with Crippen molar-refractivity contribution in [2.24, 2.45) is 0 Å². The van der Waals surface area contributed by atoms with Gasteiger partial charge < -0.3 is 4.57 Å². The van der Waals surface area contributed by atoms with Crippen molar-refractivity contribution >= 4 is 27.1 Å². The van der Waals surface area contributed by atoms with E-state index < -0.39 is 0 Å². The van der Waals surface area contributed by atoms with E-state index in [1.54, 1.807) is 12.4 Å². The zero-order chi connectivity index (χ0) is 12.5. The Hall–Kier alpha value is -1.75. The van der Waals surface area contributed by atoms with E-state index in [9.17, 15) is 0 Å². The van der Waals surface area contributed by atoms with Crippen molar-refractivity contribution in [1.82, 2.24) is 19.5 Å². The molecule has 0 N–H and O–H groups in total. The molecule has 90 valence electrons. The van der Waals surface area contributed by atoms with E-state index in [0.29, 0.717) is 0 Å². The molecular formula is C13H11BrN4. The predicted octanol–water partition coefficient (Wildman–Crippen LogP) is 2.95. The Morgan fingerprint density at radius 3 is 3.00 bits per heavy atom. The number of imidazole rings is 1. The summed E-state index contributed by atoms with van der Waals surface area (Å²) in [5.74, 6) is 0.958. The summed E-state index contributed by atoms with van der Waals surface area (Å²) >= 11 is 3.45. The summed E-state index contributed by atoms with van der Waals surface area (Å²) in [5.41, 5.74) is 2.96. The molecule has 3 aromatic rings. The fraction of sp³-hybridized carbons (Fsp3) is 0.154. The Bertz CT molecular complexity index is 691. The highest BCUT2D eigenvalue weighted by atomic mass is 79.9. The van der Waals surface area contributed by atoms with Gasteiger partial charge in [0.2, 0.25) is 0 Å². The number of fused-ring (bicyclic) bond motifs is 1. The molecule has 0 saturated carbocycles. The van der Waals surface area contributed by atoms with Crippen LogP contribution in [-0.2, 0) is 6.54 Å². The highest BCUT2D eigenvalue weighted by Crippen LogP contribution is 2.19. The molecule has 0 fully saturated rings. The van der Waals surface area contributed by atoms with Crippen LogP contribution in [0.5, 0.6) is 0 Å². The van der Waals surface area contributed by atoms with Crippen LogP contribution < -0.4 is 0 Å². The molecule has 0 aliphatic heterocycles. The van der Waals surface area contributed by atoms with Crippen LogP contribution in [0.1, 0.15) is 11.4 Å². The lowest BCUT2D eigenvalue weighted by Gasteiger charge is -2.06. The van der Waals surface area contributed by atoms with E-state index >= 15 is 0 Å². The van der Waals surface area contributed by atoms with Crippen LogP contribution in [0.4, 0.5) is 0 Å². The molecule has 0 aliphatic rings. The predicted molar refractivity (Wildman–Crippen MR) is 73.3 cm³/mol. The quantitative estimate of drug-likeness (QED) is 0.731. The second-order valence-corrected chi connectivity index (χ2v) is 5.02. The maximum absolute atomic E-state index is 4.46. The number of hydrogen-bond donors (Lipinski definition) is 0. The minimum Gasteiger partial charge on any atom is -0.322 e. The monoisotopic (exact) mass is 302 g/mol. The molecule has 3 aromatic heterocycles. The number of pyridine rings is 2. The molecule has 5 heteroatoms. The zero-order valence-corrected chi connectivity index (χ0v) is 11.4. The lowest BCUT2D eigenvalue weighted by molar-refractivity contribution is 0.782. The molecule has 0 unspecified atom stereocenters. The van der Waals surface area contributed by atoms with Crippen LogP contribution in [0, 0.1) is 6.92 Å². The minimum atomic E-state index is 0.758. The second kappa shape index (κ2) is 4.49. The molecule has 4 nitrogen and oxygen atoms in total. The van der Waals surface area contributed by atoms with Gasteiger partial charge in [-0.2, -0.15) is 0 Å². The van der Waals surface area contributed by atoms with Crippen molar-refractivity contribution in [2.45, 2.75) is 13.5 Å². The van der Waals surface area contributed by atoms with Gasteiger partial charge in [-0.3, -0.25) is 4.98 Å². The van der Waals surface area contributed by atoms with Crippen molar-refractivity contribution in [1.29, 1.82) is 0 Å². The Balaban J connectivity index is 2.11. The Morgan fingerprint density at radius 1 is 1.33 bits per heavy atom. The first-order valence-electron chi connectivity index (χ1n) is 5.61. The highest BCUT2D eigenvalue weighted by Gasteiger charge is 2.09. The maximum Gasteiger partial charge on any atom is 0.177 e. The average Bonchev–Trinajstić information content (AvgIpc) is 2.67. The van der Waals surface area contributed by atoms with Crippen LogP contribution in [0.3, 0.4) is 0 Å². The van der Waals surface area contributed by atoms with Crippen LogP contribution >= 0.6 is 15.9 Å². The number of halogens is 1. The van der Waals surface area contributed by atoms with Gasteiger partial charge in [-0.05, 0) is 40.5 Å². The molecule has 0 saturated heterocycles. The molecular weight excluding hydrogens is 292 g/mol. The molecule has 0 spiro atoms. The Morgan fingerprint density at radius 2 is 2.22 bits per heavy atom. The summed E-state index contributed by atoms with van der Waals surface area (Å²) < 4.78 is 3.10. The third-order valence-electron chi connectivity index (χ3n) is 2.83. The van der Waals surface area contributed by atoms with Gasteiger partial charge in [-0.1, -0.05) is 6.07 Å². The van der Waals surface area contributed by atoms with E-state index in [0.717, 1.165) is 33.6 Å². The second-order valence-electron chi connectivity index (χ2n) is 4.10. The Kier molecular flexibility index (Phi) is 2.83. The molecule has 0 amide bonds. The van der Waals surface area contributed by atoms with Gasteiger partial charge in [0.25, 0.3) is 0 Å². The van der Waals surface area contributed by atoms with Crippen LogP contribution in [0.15, 0.2) is 41.3 Å². The molecule has 3 rings (SSSR count). The van der Waals surface area contributed by atoms with Gasteiger partial charge >= 0.3 is 0 Å². The first-order valence-corrected chi connectivity index (χ1v) is 6.40. The van der Waals surface area contributed by atoms with Crippen LogP contribution in [0.25, 0.3) is 11.2 Å². The number of aromatic nitrogens is 4. The highest BCUT2D eigenvalue weighted by molar-refractivity contribution is 9.10. The number of nitrogens with zero attached hydrogens (tertiary/aromatic N) is 4. The summed E-state index contributed by atoms with van der Waals surface area (Å²) in [4.78, 5) is 12.9. The first-order chi connectivity index (χ1) is 8.74. The van der Waals surface area contributed by atoms with Crippen molar-refractivity contribution in [3.8, 4) is 0 Å². The zero-order valence-electron chi connectivity index (χ0n) is 9.84. The SMILES string of the molecule is Cc1nc2ncc(Br)cc2n1Cc1cccnc1. The third kappa shape index (κ3) is 2.01. The fourth-order valence-electron chi connectivity index (χ4n) is 1.97. The van der Waals surface area contributed by atoms with Crippen LogP contribution in [-0.4, -0.2) is 19.5 Å². The lowest BCUT2D eigenvalue weighted by atomic mass is 10.3. The van der Waals surface area contributed by atoms with Gasteiger partial charge in [-0.15, -0.1) is 0 Å². The summed E-state index contributed by atoms with van der Waals surface area (Å²) in [5, 5.41) is 0. The maximum atomic E-state index is 4.46. The molecule has 0 radical (unpaired) electrons. The van der Waals surface area contributed by atoms with E-state index in [1.807, 2.05) is 25.3 Å². The topological polar surface area (TPSA) is 43.6 Å². The summed E-state index contributed by atoms with van der Waals surface area (Å²) in [6, 6.07) is 6.04. The van der Waals surface area contributed by atoms with Crippen LogP contribution in [0.2, 0.25) is 0 Å². The normalized spacial score (nSPS) is 11.0. The van der Waals surface area contributed by atoms with Gasteiger partial charge in [0.05, 0.1) is 12.1 Å². The van der Waals surface area contributed by atoms with Crippen molar-refractivity contribution in [3.63, 3.8) is 0 Å². The van der Waals surface area contributed by atoms with E-state index in [4.69, 9.17) is 0 Å². The standard InChI is InChI=1S/C13H11BrN4/c1-9-17-13-12(5-11(14)7-16-13)18(9)8-10-3-2-4-15-6-10/h2-7H,8H2,1H3. The summed E-state index contributed by atoms with van der Waals surface area (Å²) in [6.45, 7) is 2.75. The van der Waals surface area contributed by atoms with Gasteiger partial charge in [0.15, 0.2) is 5.65 Å². The fourth-order valence-corrected chi connectivity index (χ4v) is 2.29. The van der Waals surface area contributed by atoms with Gasteiger partial charge in [0, 0.05) is 23.1 Å². The first kappa shape index (κ1) is 11.3. The number of hydrogen-bond acceptors (Lipinski definition) is 3. The lowest BCUT2D eigenvalue weighted by Crippen LogP contribution is -2.02. The number of rotatable bonds is 2. The van der Waals surface area contributed by atoms with E-state index in [-0.39, 0.29) is 0 Å². The van der Waals surface area contributed by atoms with E-state index in [2.05, 4.69) is 41.5 Å². The smallest absolute Gasteiger partial charge is 0.177 e. The van der Waals surface area contributed by atoms with Crippen molar-refractivity contribution in [3.05, 3.63) is 52.7 Å². The molecule has 3 heterocycles. The molecule has 0 atom stereocenters. The third-order valence-corrected chi connectivity index (χ3v) is 3.26. The Labute approximate surface area is 113 Å². The van der Waals surface area contributed by atoms with Gasteiger partial charge in [-0.25, -0.2) is 9.97 Å². The largest absolute Gasteiger partial charge is 0.322 e. The molecule has 0 bridgehead atoms. The number of aryl methyl sites for hydroxylation is 1. The van der Waals surface area contributed by atoms with Crippen molar-refractivity contribution < 1.29 is 0 Å². The van der Waals surface area contributed by atoms with Crippen molar-refractivity contribution in [2.75, 3.05) is 0 Å². The van der Waals surface area contributed by atoms with E-state index in [1.165, 1.54) is 0 Å². The average molecular weight is 303 g/mol. The molecule has 0 aromatic carbocycles. The molecule has 18 heavy (non-hydrogen) atoms. The summed E-state index contributed by atoms with van der Waals surface area (Å²) in [6.07, 6.45) is 5.42. The summed E-state index contributed by atoms with van der Waals surface area (Å²) in [7, 11) is 0. The van der Waals surface area contributed by atoms with Gasteiger partial charge in [0.1, 0.15) is 5.82 Å². The minimum absolute atomic E-state index is 0.758.